The summed E-state index contributed by atoms with van der Waals surface area (Å²) >= 11 is 0. The molecule has 1 atom stereocenters. The predicted octanol–water partition coefficient (Wildman–Crippen LogP) is 3.27. The van der Waals surface area contributed by atoms with E-state index in [4.69, 9.17) is 4.42 Å². The second-order valence-corrected chi connectivity index (χ2v) is 5.56. The number of hydrogen-bond donors (Lipinski definition) is 2. The molecule has 0 radical (unpaired) electrons. The third kappa shape index (κ3) is 5.30. The number of rotatable bonds is 7. The molecule has 8 heteroatoms. The Labute approximate surface area is 143 Å². The molecular formula is C17H18F2N2O4. The smallest absolute Gasteiger partial charge is 0.387 e. The predicted molar refractivity (Wildman–Crippen MR) is 86.5 cm³/mol. The van der Waals surface area contributed by atoms with Crippen LogP contribution in [0.3, 0.4) is 0 Å². The zero-order valence-corrected chi connectivity index (χ0v) is 13.7. The third-order valence-electron chi connectivity index (χ3n) is 3.33. The van der Waals surface area contributed by atoms with Crippen molar-refractivity contribution in [1.29, 1.82) is 0 Å². The van der Waals surface area contributed by atoms with Gasteiger partial charge in [0.2, 0.25) is 5.91 Å². The number of carbonyl (C=O) groups excluding carboxylic acids is 2. The molecule has 0 fully saturated rings. The van der Waals surface area contributed by atoms with Gasteiger partial charge in [0.15, 0.2) is 5.76 Å². The number of furan rings is 1. The van der Waals surface area contributed by atoms with Crippen molar-refractivity contribution in [2.45, 2.75) is 26.5 Å². The van der Waals surface area contributed by atoms with Crippen LogP contribution in [-0.2, 0) is 4.79 Å². The largest absolute Gasteiger partial charge is 0.459 e. The normalized spacial score (nSPS) is 12.1. The van der Waals surface area contributed by atoms with Gasteiger partial charge in [-0.05, 0) is 42.3 Å². The van der Waals surface area contributed by atoms with Gasteiger partial charge in [-0.3, -0.25) is 9.59 Å². The maximum absolute atomic E-state index is 12.4. The number of amides is 2. The summed E-state index contributed by atoms with van der Waals surface area (Å²) in [7, 11) is 0. The zero-order valence-electron chi connectivity index (χ0n) is 13.7. The Balaban J connectivity index is 2.01. The van der Waals surface area contributed by atoms with Crippen molar-refractivity contribution in [2.75, 3.05) is 5.32 Å². The highest BCUT2D eigenvalue weighted by Crippen LogP contribution is 2.18. The van der Waals surface area contributed by atoms with Crippen molar-refractivity contribution in [1.82, 2.24) is 5.32 Å². The van der Waals surface area contributed by atoms with Gasteiger partial charge in [0, 0.05) is 5.69 Å². The minimum Gasteiger partial charge on any atom is -0.459 e. The van der Waals surface area contributed by atoms with E-state index >= 15 is 0 Å². The van der Waals surface area contributed by atoms with Crippen LogP contribution >= 0.6 is 0 Å². The molecule has 2 aromatic rings. The average Bonchev–Trinajstić information content (AvgIpc) is 3.08. The van der Waals surface area contributed by atoms with Gasteiger partial charge in [0.1, 0.15) is 11.8 Å². The summed E-state index contributed by atoms with van der Waals surface area (Å²) in [6.45, 7) is 0.654. The van der Waals surface area contributed by atoms with Crippen LogP contribution < -0.4 is 15.4 Å². The van der Waals surface area contributed by atoms with Crippen LogP contribution in [0.25, 0.3) is 0 Å². The first kappa shape index (κ1) is 18.4. The first-order valence-corrected chi connectivity index (χ1v) is 7.57. The molecule has 2 rings (SSSR count). The molecule has 1 aromatic heterocycles. The van der Waals surface area contributed by atoms with E-state index in [2.05, 4.69) is 15.4 Å². The van der Waals surface area contributed by atoms with E-state index in [9.17, 15) is 18.4 Å². The van der Waals surface area contributed by atoms with Crippen LogP contribution in [0.5, 0.6) is 5.75 Å². The third-order valence-corrected chi connectivity index (χ3v) is 3.33. The highest BCUT2D eigenvalue weighted by atomic mass is 19.3. The minimum absolute atomic E-state index is 0.0143. The van der Waals surface area contributed by atoms with Crippen molar-refractivity contribution in [2.24, 2.45) is 5.92 Å². The molecule has 2 N–H and O–H groups in total. The molecule has 1 heterocycles. The summed E-state index contributed by atoms with van der Waals surface area (Å²) in [5, 5.41) is 5.23. The zero-order chi connectivity index (χ0) is 18.4. The number of benzene rings is 1. The van der Waals surface area contributed by atoms with Crippen LogP contribution in [0.2, 0.25) is 0 Å². The first-order valence-electron chi connectivity index (χ1n) is 7.57. The first-order chi connectivity index (χ1) is 11.9. The summed E-state index contributed by atoms with van der Waals surface area (Å²) in [6, 6.07) is 7.76. The molecule has 134 valence electrons. The number of hydrogen-bond acceptors (Lipinski definition) is 4. The van der Waals surface area contributed by atoms with Gasteiger partial charge in [-0.15, -0.1) is 0 Å². The van der Waals surface area contributed by atoms with Gasteiger partial charge >= 0.3 is 6.61 Å². The number of anilines is 1. The van der Waals surface area contributed by atoms with E-state index in [1.165, 1.54) is 36.6 Å². The summed E-state index contributed by atoms with van der Waals surface area (Å²) in [5.74, 6) is -1.02. The van der Waals surface area contributed by atoms with Gasteiger partial charge < -0.3 is 19.8 Å². The SMILES string of the molecule is CC(C)[C@H](NC(=O)c1ccco1)C(=O)Nc1ccc(OC(F)F)cc1. The highest BCUT2D eigenvalue weighted by Gasteiger charge is 2.25. The second-order valence-electron chi connectivity index (χ2n) is 5.56. The summed E-state index contributed by atoms with van der Waals surface area (Å²) in [5.41, 5.74) is 0.393. The van der Waals surface area contributed by atoms with Crippen LogP contribution in [0.15, 0.2) is 47.1 Å². The van der Waals surface area contributed by atoms with Gasteiger partial charge in [-0.2, -0.15) is 8.78 Å². The number of alkyl halides is 2. The summed E-state index contributed by atoms with van der Waals surface area (Å²) in [6.07, 6.45) is 1.36. The van der Waals surface area contributed by atoms with E-state index in [0.717, 1.165) is 0 Å². The van der Waals surface area contributed by atoms with Crippen molar-refractivity contribution in [3.63, 3.8) is 0 Å². The van der Waals surface area contributed by atoms with E-state index in [0.29, 0.717) is 5.69 Å². The molecule has 0 bridgehead atoms. The Hall–Kier alpha value is -2.90. The minimum atomic E-state index is -2.91. The van der Waals surface area contributed by atoms with Gasteiger partial charge in [-0.25, -0.2) is 0 Å². The molecule has 0 saturated heterocycles. The van der Waals surface area contributed by atoms with E-state index in [-0.39, 0.29) is 17.4 Å². The number of nitrogens with one attached hydrogen (secondary N) is 2. The Morgan fingerprint density at radius 3 is 2.32 bits per heavy atom. The monoisotopic (exact) mass is 352 g/mol. The molecule has 0 unspecified atom stereocenters. The Kier molecular flexibility index (Phi) is 6.10. The lowest BCUT2D eigenvalue weighted by molar-refractivity contribution is -0.118. The van der Waals surface area contributed by atoms with Crippen molar-refractivity contribution < 1.29 is 27.5 Å². The van der Waals surface area contributed by atoms with Crippen LogP contribution in [0, 0.1) is 5.92 Å². The molecule has 2 amide bonds. The average molecular weight is 352 g/mol. The Morgan fingerprint density at radius 2 is 1.80 bits per heavy atom. The topological polar surface area (TPSA) is 80.6 Å². The van der Waals surface area contributed by atoms with Crippen molar-refractivity contribution >= 4 is 17.5 Å². The lowest BCUT2D eigenvalue weighted by Gasteiger charge is -2.21. The van der Waals surface area contributed by atoms with Crippen LogP contribution in [0.4, 0.5) is 14.5 Å². The van der Waals surface area contributed by atoms with E-state index in [1.54, 1.807) is 19.9 Å². The Morgan fingerprint density at radius 1 is 1.12 bits per heavy atom. The molecule has 0 aliphatic heterocycles. The second kappa shape index (κ2) is 8.27. The fourth-order valence-electron chi connectivity index (χ4n) is 2.09. The van der Waals surface area contributed by atoms with Gasteiger partial charge in [0.25, 0.3) is 5.91 Å². The molecule has 6 nitrogen and oxygen atoms in total. The van der Waals surface area contributed by atoms with Crippen LogP contribution in [0.1, 0.15) is 24.4 Å². The van der Waals surface area contributed by atoms with Crippen LogP contribution in [-0.4, -0.2) is 24.5 Å². The molecule has 0 spiro atoms. The van der Waals surface area contributed by atoms with E-state index in [1.807, 2.05) is 0 Å². The molecule has 0 saturated carbocycles. The Bertz CT molecular complexity index is 700. The standard InChI is InChI=1S/C17H18F2N2O4/c1-10(2)14(21-15(22)13-4-3-9-24-13)16(23)20-11-5-7-12(8-6-11)25-17(18)19/h3-10,14,17H,1-2H3,(H,20,23)(H,21,22)/t14-/m0/s1. The highest BCUT2D eigenvalue weighted by molar-refractivity contribution is 6.00. The lowest BCUT2D eigenvalue weighted by atomic mass is 10.0. The quantitative estimate of drug-likeness (QED) is 0.801. The number of halogens is 2. The molecular weight excluding hydrogens is 334 g/mol. The van der Waals surface area contributed by atoms with Crippen molar-refractivity contribution in [3.8, 4) is 5.75 Å². The molecule has 1 aromatic carbocycles. The molecule has 25 heavy (non-hydrogen) atoms. The molecule has 0 aliphatic rings. The molecule has 0 aliphatic carbocycles. The fourth-order valence-corrected chi connectivity index (χ4v) is 2.09. The number of ether oxygens (including phenoxy) is 1. The fraction of sp³-hybridized carbons (Fsp3) is 0.294. The maximum atomic E-state index is 12.4. The lowest BCUT2D eigenvalue weighted by Crippen LogP contribution is -2.47. The number of carbonyl (C=O) groups is 2. The van der Waals surface area contributed by atoms with Crippen molar-refractivity contribution in [3.05, 3.63) is 48.4 Å². The van der Waals surface area contributed by atoms with Gasteiger partial charge in [0.05, 0.1) is 6.26 Å². The summed E-state index contributed by atoms with van der Waals surface area (Å²) in [4.78, 5) is 24.5. The summed E-state index contributed by atoms with van der Waals surface area (Å²) < 4.78 is 33.5. The maximum Gasteiger partial charge on any atom is 0.387 e. The van der Waals surface area contributed by atoms with E-state index < -0.39 is 24.5 Å². The van der Waals surface area contributed by atoms with Gasteiger partial charge in [-0.1, -0.05) is 13.8 Å².